The van der Waals surface area contributed by atoms with Crippen molar-refractivity contribution in [1.29, 1.82) is 0 Å². The summed E-state index contributed by atoms with van der Waals surface area (Å²) < 4.78 is 10.3. The van der Waals surface area contributed by atoms with Gasteiger partial charge in [0, 0.05) is 19.2 Å². The van der Waals surface area contributed by atoms with E-state index >= 15 is 0 Å². The summed E-state index contributed by atoms with van der Waals surface area (Å²) in [4.78, 5) is 0. The van der Waals surface area contributed by atoms with Crippen molar-refractivity contribution in [3.8, 4) is 0 Å². The second kappa shape index (κ2) is 6.56. The summed E-state index contributed by atoms with van der Waals surface area (Å²) in [5.74, 6) is 0.792. The Morgan fingerprint density at radius 3 is 3.07 bits per heavy atom. The van der Waals surface area contributed by atoms with Crippen LogP contribution in [0.15, 0.2) is 10.6 Å². The molecule has 0 aliphatic heterocycles. The average Bonchev–Trinajstić information content (AvgIpc) is 2.63. The summed E-state index contributed by atoms with van der Waals surface area (Å²) in [5, 5.41) is 7.18. The van der Waals surface area contributed by atoms with Gasteiger partial charge in [0.15, 0.2) is 5.76 Å². The van der Waals surface area contributed by atoms with Crippen molar-refractivity contribution >= 4 is 0 Å². The van der Waals surface area contributed by atoms with Crippen LogP contribution in [-0.4, -0.2) is 18.3 Å². The standard InChI is InChI=1S/C10H18N2O2/c1-3-5-11-7-9-6-10(14-12-9)8-13-4-2/h6,11H,3-5,7-8H2,1-2H3. The molecule has 0 atom stereocenters. The van der Waals surface area contributed by atoms with Crippen molar-refractivity contribution in [3.05, 3.63) is 17.5 Å². The van der Waals surface area contributed by atoms with Crippen LogP contribution >= 0.6 is 0 Å². The van der Waals surface area contributed by atoms with Gasteiger partial charge >= 0.3 is 0 Å². The molecule has 1 aromatic heterocycles. The van der Waals surface area contributed by atoms with Gasteiger partial charge in [-0.3, -0.25) is 0 Å². The Morgan fingerprint density at radius 1 is 1.50 bits per heavy atom. The van der Waals surface area contributed by atoms with E-state index in [1.54, 1.807) is 0 Å². The maximum atomic E-state index is 5.20. The predicted octanol–water partition coefficient (Wildman–Crippen LogP) is 1.71. The summed E-state index contributed by atoms with van der Waals surface area (Å²) in [6.45, 7) is 7.08. The Bertz CT molecular complexity index is 248. The number of nitrogens with zero attached hydrogens (tertiary/aromatic N) is 1. The molecule has 14 heavy (non-hydrogen) atoms. The van der Waals surface area contributed by atoms with E-state index < -0.39 is 0 Å². The average molecular weight is 198 g/mol. The number of aromatic nitrogens is 1. The Kier molecular flexibility index (Phi) is 5.25. The Hall–Kier alpha value is -0.870. The molecule has 80 valence electrons. The first-order valence-corrected chi connectivity index (χ1v) is 5.09. The largest absolute Gasteiger partial charge is 0.374 e. The van der Waals surface area contributed by atoms with Crippen molar-refractivity contribution < 1.29 is 9.26 Å². The molecular formula is C10H18N2O2. The van der Waals surface area contributed by atoms with E-state index in [0.717, 1.165) is 31.0 Å². The summed E-state index contributed by atoms with van der Waals surface area (Å²) in [7, 11) is 0. The molecule has 4 heteroatoms. The highest BCUT2D eigenvalue weighted by Crippen LogP contribution is 2.04. The van der Waals surface area contributed by atoms with Crippen LogP contribution in [0.25, 0.3) is 0 Å². The first-order valence-electron chi connectivity index (χ1n) is 5.09. The molecule has 0 aliphatic rings. The Morgan fingerprint density at radius 2 is 2.36 bits per heavy atom. The van der Waals surface area contributed by atoms with Gasteiger partial charge in [-0.25, -0.2) is 0 Å². The highest BCUT2D eigenvalue weighted by molar-refractivity contribution is 5.04. The maximum absolute atomic E-state index is 5.20. The Labute approximate surface area is 84.6 Å². The van der Waals surface area contributed by atoms with Crippen molar-refractivity contribution in [2.24, 2.45) is 0 Å². The molecule has 0 spiro atoms. The van der Waals surface area contributed by atoms with E-state index in [-0.39, 0.29) is 0 Å². The number of hydrogen-bond acceptors (Lipinski definition) is 4. The lowest BCUT2D eigenvalue weighted by atomic mass is 10.3. The first-order chi connectivity index (χ1) is 6.86. The summed E-state index contributed by atoms with van der Waals surface area (Å²) in [6, 6.07) is 1.93. The van der Waals surface area contributed by atoms with E-state index in [9.17, 15) is 0 Å². The molecule has 0 bridgehead atoms. The van der Waals surface area contributed by atoms with E-state index in [1.165, 1.54) is 0 Å². The van der Waals surface area contributed by atoms with Crippen LogP contribution < -0.4 is 5.32 Å². The molecule has 0 aliphatic carbocycles. The molecule has 0 amide bonds. The quantitative estimate of drug-likeness (QED) is 0.677. The first kappa shape index (κ1) is 11.2. The van der Waals surface area contributed by atoms with Crippen LogP contribution in [-0.2, 0) is 17.9 Å². The van der Waals surface area contributed by atoms with Crippen LogP contribution in [0.4, 0.5) is 0 Å². The van der Waals surface area contributed by atoms with Crippen LogP contribution in [0.1, 0.15) is 31.7 Å². The third-order valence-corrected chi connectivity index (χ3v) is 1.79. The minimum Gasteiger partial charge on any atom is -0.374 e. The summed E-state index contributed by atoms with van der Waals surface area (Å²) in [6.07, 6.45) is 1.13. The minimum absolute atomic E-state index is 0.511. The van der Waals surface area contributed by atoms with Crippen LogP contribution in [0.5, 0.6) is 0 Å². The lowest BCUT2D eigenvalue weighted by molar-refractivity contribution is 0.112. The lowest BCUT2D eigenvalue weighted by Crippen LogP contribution is -2.13. The third-order valence-electron chi connectivity index (χ3n) is 1.79. The second-order valence-corrected chi connectivity index (χ2v) is 3.10. The van der Waals surface area contributed by atoms with Gasteiger partial charge in [0.05, 0.1) is 5.69 Å². The van der Waals surface area contributed by atoms with Crippen molar-refractivity contribution in [3.63, 3.8) is 0 Å². The van der Waals surface area contributed by atoms with Crippen LogP contribution in [0, 0.1) is 0 Å². The molecule has 0 unspecified atom stereocenters. The SMILES string of the molecule is CCCNCc1cc(COCC)on1. The molecule has 1 rings (SSSR count). The van der Waals surface area contributed by atoms with Crippen molar-refractivity contribution in [2.75, 3.05) is 13.2 Å². The highest BCUT2D eigenvalue weighted by Gasteiger charge is 2.02. The topological polar surface area (TPSA) is 47.3 Å². The maximum Gasteiger partial charge on any atom is 0.162 e. The van der Waals surface area contributed by atoms with E-state index in [4.69, 9.17) is 9.26 Å². The van der Waals surface area contributed by atoms with E-state index in [2.05, 4.69) is 17.4 Å². The molecule has 0 radical (unpaired) electrons. The molecule has 1 heterocycles. The molecule has 1 N–H and O–H groups in total. The molecule has 0 saturated carbocycles. The lowest BCUT2D eigenvalue weighted by Gasteiger charge is -1.96. The smallest absolute Gasteiger partial charge is 0.162 e. The monoisotopic (exact) mass is 198 g/mol. The second-order valence-electron chi connectivity index (χ2n) is 3.10. The normalized spacial score (nSPS) is 10.7. The van der Waals surface area contributed by atoms with Gasteiger partial charge in [-0.15, -0.1) is 0 Å². The van der Waals surface area contributed by atoms with Gasteiger partial charge in [-0.1, -0.05) is 12.1 Å². The zero-order valence-electron chi connectivity index (χ0n) is 8.88. The number of hydrogen-bond donors (Lipinski definition) is 1. The number of ether oxygens (including phenoxy) is 1. The van der Waals surface area contributed by atoms with Crippen LogP contribution in [0.3, 0.4) is 0 Å². The fourth-order valence-electron chi connectivity index (χ4n) is 1.10. The highest BCUT2D eigenvalue weighted by atomic mass is 16.5. The summed E-state index contributed by atoms with van der Waals surface area (Å²) >= 11 is 0. The van der Waals surface area contributed by atoms with Gasteiger partial charge < -0.3 is 14.6 Å². The summed E-state index contributed by atoms with van der Waals surface area (Å²) in [5.41, 5.74) is 0.938. The van der Waals surface area contributed by atoms with Gasteiger partial charge in [0.2, 0.25) is 0 Å². The number of nitrogens with one attached hydrogen (secondary N) is 1. The zero-order valence-corrected chi connectivity index (χ0v) is 8.88. The molecule has 4 nitrogen and oxygen atoms in total. The van der Waals surface area contributed by atoms with Gasteiger partial charge in [-0.05, 0) is 19.9 Å². The van der Waals surface area contributed by atoms with Crippen molar-refractivity contribution in [2.45, 2.75) is 33.4 Å². The fourth-order valence-corrected chi connectivity index (χ4v) is 1.10. The zero-order chi connectivity index (χ0) is 10.2. The van der Waals surface area contributed by atoms with E-state index in [1.807, 2.05) is 13.0 Å². The molecule has 0 saturated heterocycles. The molecule has 1 aromatic rings. The van der Waals surface area contributed by atoms with Crippen molar-refractivity contribution in [1.82, 2.24) is 10.5 Å². The predicted molar refractivity (Wildman–Crippen MR) is 53.8 cm³/mol. The molecule has 0 fully saturated rings. The molecular weight excluding hydrogens is 180 g/mol. The van der Waals surface area contributed by atoms with Gasteiger partial charge in [-0.2, -0.15) is 0 Å². The van der Waals surface area contributed by atoms with Crippen LogP contribution in [0.2, 0.25) is 0 Å². The number of rotatable bonds is 7. The third kappa shape index (κ3) is 3.89. The minimum atomic E-state index is 0.511. The van der Waals surface area contributed by atoms with E-state index in [0.29, 0.717) is 13.2 Å². The Balaban J connectivity index is 2.27. The van der Waals surface area contributed by atoms with Gasteiger partial charge in [0.25, 0.3) is 0 Å². The molecule has 0 aromatic carbocycles. The fraction of sp³-hybridized carbons (Fsp3) is 0.700. The van der Waals surface area contributed by atoms with Gasteiger partial charge in [0.1, 0.15) is 6.61 Å².